The summed E-state index contributed by atoms with van der Waals surface area (Å²) in [6, 6.07) is 8.69. The first kappa shape index (κ1) is 12.7. The molecule has 3 unspecified atom stereocenters. The molecule has 3 atom stereocenters. The number of hydrogen-bond donors (Lipinski definition) is 2. The van der Waals surface area contributed by atoms with E-state index in [1.54, 1.807) is 0 Å². The highest BCUT2D eigenvalue weighted by molar-refractivity contribution is 5.84. The third-order valence-electron chi connectivity index (χ3n) is 4.53. The Morgan fingerprint density at radius 3 is 2.95 bits per heavy atom. The molecular formula is C16H22N2O. The van der Waals surface area contributed by atoms with E-state index in [0.29, 0.717) is 12.0 Å². The third kappa shape index (κ3) is 2.52. The fourth-order valence-corrected chi connectivity index (χ4v) is 3.31. The van der Waals surface area contributed by atoms with Gasteiger partial charge in [0, 0.05) is 12.6 Å². The summed E-state index contributed by atoms with van der Waals surface area (Å²) in [5, 5.41) is 6.57. The lowest BCUT2D eigenvalue weighted by Crippen LogP contribution is -2.42. The van der Waals surface area contributed by atoms with E-state index >= 15 is 0 Å². The van der Waals surface area contributed by atoms with Gasteiger partial charge in [-0.15, -0.1) is 0 Å². The molecule has 102 valence electrons. The van der Waals surface area contributed by atoms with E-state index in [4.69, 9.17) is 0 Å². The molecule has 1 aromatic carbocycles. The van der Waals surface area contributed by atoms with Crippen molar-refractivity contribution in [3.05, 3.63) is 35.4 Å². The third-order valence-corrected chi connectivity index (χ3v) is 4.53. The maximum Gasteiger partial charge on any atom is 0.227 e. The zero-order chi connectivity index (χ0) is 13.2. The van der Waals surface area contributed by atoms with Crippen molar-refractivity contribution < 1.29 is 4.79 Å². The molecule has 1 amide bonds. The Kier molecular flexibility index (Phi) is 3.56. The highest BCUT2D eigenvalue weighted by Crippen LogP contribution is 2.31. The van der Waals surface area contributed by atoms with Gasteiger partial charge in [0.25, 0.3) is 0 Å². The molecule has 2 N–H and O–H groups in total. The van der Waals surface area contributed by atoms with Crippen molar-refractivity contribution in [2.24, 2.45) is 5.92 Å². The minimum absolute atomic E-state index is 0.0535. The van der Waals surface area contributed by atoms with Gasteiger partial charge in [-0.25, -0.2) is 0 Å². The molecule has 1 aromatic rings. The zero-order valence-corrected chi connectivity index (χ0v) is 11.5. The summed E-state index contributed by atoms with van der Waals surface area (Å²) >= 11 is 0. The molecule has 0 aromatic heterocycles. The highest BCUT2D eigenvalue weighted by Gasteiger charge is 2.30. The summed E-state index contributed by atoms with van der Waals surface area (Å²) in [5.41, 5.74) is 2.59. The van der Waals surface area contributed by atoms with Crippen molar-refractivity contribution in [1.29, 1.82) is 0 Å². The van der Waals surface area contributed by atoms with Gasteiger partial charge in [0.05, 0.1) is 5.92 Å². The predicted molar refractivity (Wildman–Crippen MR) is 76.1 cm³/mol. The second-order valence-corrected chi connectivity index (χ2v) is 5.89. The van der Waals surface area contributed by atoms with Gasteiger partial charge in [-0.05, 0) is 42.9 Å². The number of carbonyl (C=O) groups is 1. The van der Waals surface area contributed by atoms with Crippen LogP contribution in [0.3, 0.4) is 0 Å². The number of amides is 1. The standard InChI is InChI=1S/C16H22N2O/c1-11-9-17-10-15(11)18-16(19)14-8-4-6-12-5-2-3-7-13(12)14/h2-3,5,7,11,14-15,17H,4,6,8-10H2,1H3,(H,18,19). The predicted octanol–water partition coefficient (Wildman–Crippen LogP) is 1.83. The summed E-state index contributed by atoms with van der Waals surface area (Å²) in [7, 11) is 0. The lowest BCUT2D eigenvalue weighted by molar-refractivity contribution is -0.123. The van der Waals surface area contributed by atoms with Crippen LogP contribution in [-0.4, -0.2) is 25.0 Å². The quantitative estimate of drug-likeness (QED) is 0.849. The van der Waals surface area contributed by atoms with Crippen LogP contribution >= 0.6 is 0 Å². The Hall–Kier alpha value is -1.35. The second kappa shape index (κ2) is 5.33. The van der Waals surface area contributed by atoms with Crippen LogP contribution < -0.4 is 10.6 Å². The first-order valence-electron chi connectivity index (χ1n) is 7.34. The van der Waals surface area contributed by atoms with Crippen molar-refractivity contribution in [2.45, 2.75) is 38.1 Å². The van der Waals surface area contributed by atoms with Crippen LogP contribution in [0.25, 0.3) is 0 Å². The lowest BCUT2D eigenvalue weighted by atomic mass is 9.82. The average Bonchev–Trinajstić information content (AvgIpc) is 2.83. The molecule has 2 aliphatic rings. The Balaban J connectivity index is 1.74. The molecule has 3 heteroatoms. The number of carbonyl (C=O) groups excluding carboxylic acids is 1. The SMILES string of the molecule is CC1CNCC1NC(=O)C1CCCc2ccccc21. The smallest absolute Gasteiger partial charge is 0.227 e. The van der Waals surface area contributed by atoms with Gasteiger partial charge in [-0.2, -0.15) is 0 Å². The molecule has 1 aliphatic carbocycles. The van der Waals surface area contributed by atoms with Crippen molar-refractivity contribution in [3.63, 3.8) is 0 Å². The summed E-state index contributed by atoms with van der Waals surface area (Å²) in [6.45, 7) is 4.10. The number of benzene rings is 1. The van der Waals surface area contributed by atoms with E-state index in [1.807, 2.05) is 6.07 Å². The average molecular weight is 258 g/mol. The fraction of sp³-hybridized carbons (Fsp3) is 0.562. The summed E-state index contributed by atoms with van der Waals surface area (Å²) < 4.78 is 0. The van der Waals surface area contributed by atoms with Crippen molar-refractivity contribution in [2.75, 3.05) is 13.1 Å². The molecule has 1 fully saturated rings. The van der Waals surface area contributed by atoms with E-state index in [1.165, 1.54) is 11.1 Å². The lowest BCUT2D eigenvalue weighted by Gasteiger charge is -2.27. The highest BCUT2D eigenvalue weighted by atomic mass is 16.2. The number of rotatable bonds is 2. The Morgan fingerprint density at radius 2 is 2.16 bits per heavy atom. The van der Waals surface area contributed by atoms with E-state index in [-0.39, 0.29) is 11.8 Å². The number of fused-ring (bicyclic) bond motifs is 1. The van der Waals surface area contributed by atoms with Gasteiger partial charge in [0.15, 0.2) is 0 Å². The molecular weight excluding hydrogens is 236 g/mol. The largest absolute Gasteiger partial charge is 0.351 e. The van der Waals surface area contributed by atoms with Gasteiger partial charge in [0.1, 0.15) is 0 Å². The number of hydrogen-bond acceptors (Lipinski definition) is 2. The molecule has 0 radical (unpaired) electrons. The van der Waals surface area contributed by atoms with Crippen molar-refractivity contribution >= 4 is 5.91 Å². The molecule has 1 saturated heterocycles. The minimum atomic E-state index is 0.0535. The van der Waals surface area contributed by atoms with E-state index < -0.39 is 0 Å². The molecule has 19 heavy (non-hydrogen) atoms. The van der Waals surface area contributed by atoms with Crippen LogP contribution in [0.5, 0.6) is 0 Å². The van der Waals surface area contributed by atoms with Gasteiger partial charge in [-0.1, -0.05) is 31.2 Å². The molecule has 3 nitrogen and oxygen atoms in total. The number of aryl methyl sites for hydroxylation is 1. The van der Waals surface area contributed by atoms with Gasteiger partial charge in [-0.3, -0.25) is 4.79 Å². The van der Waals surface area contributed by atoms with Crippen LogP contribution in [-0.2, 0) is 11.2 Å². The fourth-order valence-electron chi connectivity index (χ4n) is 3.31. The van der Waals surface area contributed by atoms with Gasteiger partial charge >= 0.3 is 0 Å². The number of nitrogens with one attached hydrogen (secondary N) is 2. The van der Waals surface area contributed by atoms with Crippen LogP contribution in [0, 0.1) is 5.92 Å². The molecule has 0 spiro atoms. The molecule has 0 bridgehead atoms. The molecule has 1 aliphatic heterocycles. The minimum Gasteiger partial charge on any atom is -0.351 e. The van der Waals surface area contributed by atoms with Crippen molar-refractivity contribution in [1.82, 2.24) is 10.6 Å². The van der Waals surface area contributed by atoms with Crippen LogP contribution in [0.15, 0.2) is 24.3 Å². The second-order valence-electron chi connectivity index (χ2n) is 5.89. The zero-order valence-electron chi connectivity index (χ0n) is 11.5. The first-order chi connectivity index (χ1) is 9.25. The molecule has 3 rings (SSSR count). The maximum absolute atomic E-state index is 12.5. The Bertz CT molecular complexity index is 472. The molecule has 1 heterocycles. The first-order valence-corrected chi connectivity index (χ1v) is 7.34. The van der Waals surface area contributed by atoms with E-state index in [0.717, 1.165) is 32.4 Å². The van der Waals surface area contributed by atoms with E-state index in [2.05, 4.69) is 35.8 Å². The monoisotopic (exact) mass is 258 g/mol. The van der Waals surface area contributed by atoms with Gasteiger partial charge in [0.2, 0.25) is 5.91 Å². The van der Waals surface area contributed by atoms with Crippen LogP contribution in [0.1, 0.15) is 36.8 Å². The van der Waals surface area contributed by atoms with Crippen molar-refractivity contribution in [3.8, 4) is 0 Å². The summed E-state index contributed by atoms with van der Waals surface area (Å²) in [6.07, 6.45) is 3.21. The Labute approximate surface area is 114 Å². The normalized spacial score (nSPS) is 29.8. The summed E-state index contributed by atoms with van der Waals surface area (Å²) in [4.78, 5) is 12.5. The van der Waals surface area contributed by atoms with E-state index in [9.17, 15) is 4.79 Å². The maximum atomic E-state index is 12.5. The summed E-state index contributed by atoms with van der Waals surface area (Å²) in [5.74, 6) is 0.799. The van der Waals surface area contributed by atoms with Crippen LogP contribution in [0.2, 0.25) is 0 Å². The van der Waals surface area contributed by atoms with Gasteiger partial charge < -0.3 is 10.6 Å². The topological polar surface area (TPSA) is 41.1 Å². The Morgan fingerprint density at radius 1 is 1.32 bits per heavy atom. The van der Waals surface area contributed by atoms with Crippen LogP contribution in [0.4, 0.5) is 0 Å². The molecule has 0 saturated carbocycles.